The second-order valence-corrected chi connectivity index (χ2v) is 3.43. The first-order chi connectivity index (χ1) is 6.84. The van der Waals surface area contributed by atoms with Crippen molar-refractivity contribution in [1.82, 2.24) is 15.0 Å². The summed E-state index contributed by atoms with van der Waals surface area (Å²) in [6, 6.07) is 1.82. The lowest BCUT2D eigenvalue weighted by Gasteiger charge is -2.03. The van der Waals surface area contributed by atoms with Crippen molar-refractivity contribution in [3.8, 4) is 11.5 Å². The second kappa shape index (κ2) is 4.15. The zero-order valence-corrected chi connectivity index (χ0v) is 8.68. The second-order valence-electron chi connectivity index (χ2n) is 2.52. The predicted octanol–water partition coefficient (Wildman–Crippen LogP) is 2.43. The first-order valence-corrected chi connectivity index (χ1v) is 4.67. The molecule has 0 aliphatic rings. The maximum Gasteiger partial charge on any atom is 0.164 e. The molecule has 0 aliphatic carbocycles. The van der Waals surface area contributed by atoms with Crippen LogP contribution in [0.15, 0.2) is 41.7 Å². The van der Waals surface area contributed by atoms with Crippen LogP contribution in [0, 0.1) is 0 Å². The molecule has 0 saturated heterocycles. The number of hydrogen-bond donors (Lipinski definition) is 0. The Kier molecular flexibility index (Phi) is 2.69. The minimum absolute atomic E-state index is 0.590. The normalized spacial score (nSPS) is 9.79. The molecule has 2 rings (SSSR count). The molecule has 4 nitrogen and oxygen atoms in total. The first-order valence-electron chi connectivity index (χ1n) is 3.88. The zero-order valence-electron chi connectivity index (χ0n) is 7.09. The van der Waals surface area contributed by atoms with Gasteiger partial charge in [0.15, 0.2) is 5.75 Å². The van der Waals surface area contributed by atoms with Crippen LogP contribution in [0.5, 0.6) is 11.5 Å². The highest BCUT2D eigenvalue weighted by molar-refractivity contribution is 9.10. The summed E-state index contributed by atoms with van der Waals surface area (Å²) >= 11 is 3.30. The van der Waals surface area contributed by atoms with Gasteiger partial charge in [0.2, 0.25) is 0 Å². The van der Waals surface area contributed by atoms with Crippen molar-refractivity contribution in [1.29, 1.82) is 0 Å². The van der Waals surface area contributed by atoms with Gasteiger partial charge in [-0.15, -0.1) is 0 Å². The standard InChI is InChI=1S/C9H6BrN3O/c10-7-1-8(3-11-2-7)14-9-4-12-6-13-5-9/h1-6H. The average molecular weight is 252 g/mol. The Hall–Kier alpha value is -1.49. The number of nitrogens with zero attached hydrogens (tertiary/aromatic N) is 3. The van der Waals surface area contributed by atoms with Crippen molar-refractivity contribution in [3.05, 3.63) is 41.7 Å². The highest BCUT2D eigenvalue weighted by Crippen LogP contribution is 2.21. The topological polar surface area (TPSA) is 47.9 Å². The Morgan fingerprint density at radius 3 is 2.36 bits per heavy atom. The molecule has 70 valence electrons. The van der Waals surface area contributed by atoms with Crippen LogP contribution in [0.1, 0.15) is 0 Å². The quantitative estimate of drug-likeness (QED) is 0.823. The van der Waals surface area contributed by atoms with E-state index in [4.69, 9.17) is 4.74 Å². The van der Waals surface area contributed by atoms with Crippen LogP contribution in [-0.2, 0) is 0 Å². The lowest BCUT2D eigenvalue weighted by molar-refractivity contribution is 0.474. The molecule has 0 aromatic carbocycles. The lowest BCUT2D eigenvalue weighted by Crippen LogP contribution is -1.87. The maximum atomic E-state index is 5.44. The number of pyridine rings is 1. The highest BCUT2D eigenvalue weighted by Gasteiger charge is 1.97. The molecular weight excluding hydrogens is 246 g/mol. The van der Waals surface area contributed by atoms with Crippen LogP contribution in [0.25, 0.3) is 0 Å². The molecule has 0 unspecified atom stereocenters. The van der Waals surface area contributed by atoms with Crippen molar-refractivity contribution in [2.75, 3.05) is 0 Å². The van der Waals surface area contributed by atoms with Crippen molar-refractivity contribution < 1.29 is 4.74 Å². The average Bonchev–Trinajstić information content (AvgIpc) is 2.19. The molecule has 0 aliphatic heterocycles. The van der Waals surface area contributed by atoms with Crippen LogP contribution in [-0.4, -0.2) is 15.0 Å². The first kappa shape index (κ1) is 9.08. The Morgan fingerprint density at radius 1 is 0.929 bits per heavy atom. The van der Waals surface area contributed by atoms with Crippen molar-refractivity contribution in [2.24, 2.45) is 0 Å². The summed E-state index contributed by atoms with van der Waals surface area (Å²) in [4.78, 5) is 11.6. The molecule has 5 heteroatoms. The van der Waals surface area contributed by atoms with E-state index in [2.05, 4.69) is 30.9 Å². The molecule has 0 fully saturated rings. The lowest BCUT2D eigenvalue weighted by atomic mass is 10.4. The summed E-state index contributed by atoms with van der Waals surface area (Å²) in [7, 11) is 0. The Morgan fingerprint density at radius 2 is 1.64 bits per heavy atom. The Bertz CT molecular complexity index is 421. The third-order valence-electron chi connectivity index (χ3n) is 1.45. The summed E-state index contributed by atoms with van der Waals surface area (Å²) in [6.45, 7) is 0. The van der Waals surface area contributed by atoms with Gasteiger partial charge in [-0.25, -0.2) is 9.97 Å². The van der Waals surface area contributed by atoms with Gasteiger partial charge in [-0.2, -0.15) is 0 Å². The number of rotatable bonds is 2. The van der Waals surface area contributed by atoms with Crippen LogP contribution >= 0.6 is 15.9 Å². The van der Waals surface area contributed by atoms with Gasteiger partial charge in [0, 0.05) is 10.7 Å². The van der Waals surface area contributed by atoms with E-state index >= 15 is 0 Å². The molecule has 0 spiro atoms. The van der Waals surface area contributed by atoms with Gasteiger partial charge in [0.1, 0.15) is 12.1 Å². The minimum atomic E-state index is 0.590. The monoisotopic (exact) mass is 251 g/mol. The van der Waals surface area contributed by atoms with Crippen molar-refractivity contribution >= 4 is 15.9 Å². The molecule has 0 amide bonds. The van der Waals surface area contributed by atoms with Crippen molar-refractivity contribution in [2.45, 2.75) is 0 Å². The van der Waals surface area contributed by atoms with Crippen LogP contribution in [0.2, 0.25) is 0 Å². The van der Waals surface area contributed by atoms with Gasteiger partial charge in [0.05, 0.1) is 18.6 Å². The van der Waals surface area contributed by atoms with E-state index in [1.165, 1.54) is 6.33 Å². The van der Waals surface area contributed by atoms with Crippen LogP contribution < -0.4 is 4.74 Å². The van der Waals surface area contributed by atoms with Gasteiger partial charge >= 0.3 is 0 Å². The summed E-state index contributed by atoms with van der Waals surface area (Å²) in [5.74, 6) is 1.24. The SMILES string of the molecule is Brc1cncc(Oc2cncnc2)c1. The van der Waals surface area contributed by atoms with E-state index in [9.17, 15) is 0 Å². The van der Waals surface area contributed by atoms with E-state index in [1.807, 2.05) is 6.07 Å². The van der Waals surface area contributed by atoms with Gasteiger partial charge in [-0.3, -0.25) is 4.98 Å². The van der Waals surface area contributed by atoms with E-state index in [1.54, 1.807) is 24.8 Å². The largest absolute Gasteiger partial charge is 0.452 e. The van der Waals surface area contributed by atoms with E-state index < -0.39 is 0 Å². The molecule has 14 heavy (non-hydrogen) atoms. The Balaban J connectivity index is 2.19. The van der Waals surface area contributed by atoms with Gasteiger partial charge in [-0.05, 0) is 22.0 Å². The predicted molar refractivity (Wildman–Crippen MR) is 54.0 cm³/mol. The molecule has 0 saturated carbocycles. The fourth-order valence-electron chi connectivity index (χ4n) is 0.922. The van der Waals surface area contributed by atoms with Crippen molar-refractivity contribution in [3.63, 3.8) is 0 Å². The fraction of sp³-hybridized carbons (Fsp3) is 0. The number of halogens is 1. The molecule has 2 heterocycles. The molecule has 0 radical (unpaired) electrons. The molecule has 0 bridgehead atoms. The van der Waals surface area contributed by atoms with E-state index in [0.29, 0.717) is 11.5 Å². The number of ether oxygens (including phenoxy) is 1. The zero-order chi connectivity index (χ0) is 9.80. The summed E-state index contributed by atoms with van der Waals surface area (Å²) in [5.41, 5.74) is 0. The summed E-state index contributed by atoms with van der Waals surface area (Å²) < 4.78 is 6.31. The summed E-state index contributed by atoms with van der Waals surface area (Å²) in [6.07, 6.45) is 7.94. The van der Waals surface area contributed by atoms with Gasteiger partial charge in [0.25, 0.3) is 0 Å². The van der Waals surface area contributed by atoms with Crippen LogP contribution in [0.4, 0.5) is 0 Å². The number of aromatic nitrogens is 3. The smallest absolute Gasteiger partial charge is 0.164 e. The van der Waals surface area contributed by atoms with Gasteiger partial charge in [-0.1, -0.05) is 0 Å². The molecular formula is C9H6BrN3O. The summed E-state index contributed by atoms with van der Waals surface area (Å²) in [5, 5.41) is 0. The highest BCUT2D eigenvalue weighted by atomic mass is 79.9. The molecule has 2 aromatic heterocycles. The van der Waals surface area contributed by atoms with Crippen LogP contribution in [0.3, 0.4) is 0 Å². The molecule has 0 N–H and O–H groups in total. The van der Waals surface area contributed by atoms with Gasteiger partial charge < -0.3 is 4.74 Å². The molecule has 0 atom stereocenters. The number of hydrogen-bond acceptors (Lipinski definition) is 4. The molecule has 2 aromatic rings. The third kappa shape index (κ3) is 2.26. The van der Waals surface area contributed by atoms with E-state index in [0.717, 1.165) is 4.47 Å². The third-order valence-corrected chi connectivity index (χ3v) is 1.89. The minimum Gasteiger partial charge on any atom is -0.452 e. The Labute approximate surface area is 89.1 Å². The maximum absolute atomic E-state index is 5.44. The fourth-order valence-corrected chi connectivity index (χ4v) is 1.27. The van der Waals surface area contributed by atoms with E-state index in [-0.39, 0.29) is 0 Å².